The van der Waals surface area contributed by atoms with Crippen molar-refractivity contribution in [3.05, 3.63) is 70.0 Å². The fraction of sp³-hybridized carbons (Fsp3) is 0.238. The number of rotatable bonds is 6. The molecule has 0 aliphatic heterocycles. The van der Waals surface area contributed by atoms with Crippen LogP contribution in [0.3, 0.4) is 0 Å². The van der Waals surface area contributed by atoms with Crippen molar-refractivity contribution in [2.24, 2.45) is 0 Å². The number of aromatic hydroxyl groups is 1. The van der Waals surface area contributed by atoms with Crippen LogP contribution in [0, 0.1) is 0 Å². The lowest BCUT2D eigenvalue weighted by molar-refractivity contribution is -0.143. The van der Waals surface area contributed by atoms with Gasteiger partial charge in [-0.05, 0) is 36.8 Å². The van der Waals surface area contributed by atoms with Gasteiger partial charge in [0.25, 0.3) is 5.56 Å². The van der Waals surface area contributed by atoms with Crippen molar-refractivity contribution in [1.29, 1.82) is 0 Å². The van der Waals surface area contributed by atoms with Gasteiger partial charge in [0.1, 0.15) is 11.5 Å². The van der Waals surface area contributed by atoms with Gasteiger partial charge < -0.3 is 19.6 Å². The molecule has 2 N–H and O–H groups in total. The van der Waals surface area contributed by atoms with E-state index in [1.54, 1.807) is 62.6 Å². The minimum Gasteiger partial charge on any atom is -0.507 e. The minimum atomic E-state index is -0.650. The average molecular weight is 367 g/mol. The van der Waals surface area contributed by atoms with Crippen molar-refractivity contribution in [2.75, 3.05) is 13.7 Å². The summed E-state index contributed by atoms with van der Waals surface area (Å²) in [4.78, 5) is 27.7. The monoisotopic (exact) mass is 367 g/mol. The van der Waals surface area contributed by atoms with Gasteiger partial charge in [0.15, 0.2) is 0 Å². The highest BCUT2D eigenvalue weighted by atomic mass is 16.5. The first-order valence-corrected chi connectivity index (χ1v) is 8.68. The number of aromatic nitrogens is 1. The van der Waals surface area contributed by atoms with Crippen LogP contribution in [0.4, 0.5) is 0 Å². The van der Waals surface area contributed by atoms with E-state index in [1.807, 2.05) is 0 Å². The van der Waals surface area contributed by atoms with E-state index in [4.69, 9.17) is 9.47 Å². The topological polar surface area (TPSA) is 88.6 Å². The van der Waals surface area contributed by atoms with Crippen LogP contribution in [0.1, 0.15) is 30.4 Å². The van der Waals surface area contributed by atoms with Gasteiger partial charge in [-0.1, -0.05) is 24.3 Å². The van der Waals surface area contributed by atoms with E-state index in [1.165, 1.54) is 0 Å². The molecule has 1 aromatic heterocycles. The number of carbonyl (C=O) groups is 1. The first-order chi connectivity index (χ1) is 13.0. The van der Waals surface area contributed by atoms with Gasteiger partial charge in [0, 0.05) is 11.3 Å². The second-order valence-electron chi connectivity index (χ2n) is 6.10. The van der Waals surface area contributed by atoms with Gasteiger partial charge in [0.2, 0.25) is 0 Å². The number of para-hydroxylation sites is 1. The Morgan fingerprint density at radius 3 is 2.52 bits per heavy atom. The van der Waals surface area contributed by atoms with Gasteiger partial charge in [0.05, 0.1) is 31.2 Å². The molecule has 2 aromatic carbocycles. The second kappa shape index (κ2) is 7.95. The fourth-order valence-electron chi connectivity index (χ4n) is 3.17. The molecule has 0 aliphatic carbocycles. The van der Waals surface area contributed by atoms with Crippen molar-refractivity contribution in [3.63, 3.8) is 0 Å². The number of aromatic amines is 1. The molecule has 0 fully saturated rings. The molecule has 0 bridgehead atoms. The maximum absolute atomic E-state index is 12.7. The summed E-state index contributed by atoms with van der Waals surface area (Å²) in [5.41, 5.74) is 0.955. The number of pyridine rings is 1. The molecule has 1 heterocycles. The highest BCUT2D eigenvalue weighted by Gasteiger charge is 2.26. The SMILES string of the molecule is CCOC(=O)C[C@@H](c1ccc(OC)cc1)c1c(O)c2ccccc2[nH]c1=O. The van der Waals surface area contributed by atoms with Crippen LogP contribution in [-0.2, 0) is 9.53 Å². The van der Waals surface area contributed by atoms with Crippen molar-refractivity contribution in [3.8, 4) is 11.5 Å². The number of carbonyl (C=O) groups excluding carboxylic acids is 1. The number of nitrogens with one attached hydrogen (secondary N) is 1. The predicted octanol–water partition coefficient (Wildman–Crippen LogP) is 3.33. The number of benzene rings is 2. The summed E-state index contributed by atoms with van der Waals surface area (Å²) in [7, 11) is 1.56. The summed E-state index contributed by atoms with van der Waals surface area (Å²) in [6.07, 6.45) is -0.0604. The summed E-state index contributed by atoms with van der Waals surface area (Å²) in [5, 5.41) is 11.3. The predicted molar refractivity (Wildman–Crippen MR) is 102 cm³/mol. The van der Waals surface area contributed by atoms with Gasteiger partial charge in [-0.25, -0.2) is 0 Å². The zero-order valence-corrected chi connectivity index (χ0v) is 15.2. The molecule has 6 nitrogen and oxygen atoms in total. The molecule has 6 heteroatoms. The molecule has 1 atom stereocenters. The van der Waals surface area contributed by atoms with Gasteiger partial charge in [-0.2, -0.15) is 0 Å². The van der Waals surface area contributed by atoms with E-state index in [-0.39, 0.29) is 24.3 Å². The highest BCUT2D eigenvalue weighted by molar-refractivity contribution is 5.86. The normalized spacial score (nSPS) is 11.9. The van der Waals surface area contributed by atoms with Crippen molar-refractivity contribution in [1.82, 2.24) is 4.98 Å². The average Bonchev–Trinajstić information content (AvgIpc) is 2.67. The molecule has 3 rings (SSSR count). The van der Waals surface area contributed by atoms with Crippen LogP contribution >= 0.6 is 0 Å². The minimum absolute atomic E-state index is 0.0604. The Morgan fingerprint density at radius 2 is 1.85 bits per heavy atom. The zero-order chi connectivity index (χ0) is 19.4. The Hall–Kier alpha value is -3.28. The molecule has 0 aliphatic rings. The van der Waals surface area contributed by atoms with E-state index < -0.39 is 17.4 Å². The third-order valence-corrected chi connectivity index (χ3v) is 4.47. The Morgan fingerprint density at radius 1 is 1.15 bits per heavy atom. The van der Waals surface area contributed by atoms with E-state index in [0.29, 0.717) is 22.2 Å². The van der Waals surface area contributed by atoms with Crippen molar-refractivity contribution < 1.29 is 19.4 Å². The maximum Gasteiger partial charge on any atom is 0.306 e. The Balaban J connectivity index is 2.16. The third kappa shape index (κ3) is 3.79. The molecule has 0 unspecified atom stereocenters. The molecule has 27 heavy (non-hydrogen) atoms. The molecule has 3 aromatic rings. The van der Waals surface area contributed by atoms with Crippen LogP contribution in [0.5, 0.6) is 11.5 Å². The van der Waals surface area contributed by atoms with Crippen LogP contribution < -0.4 is 10.3 Å². The molecule has 0 amide bonds. The van der Waals surface area contributed by atoms with E-state index in [2.05, 4.69) is 4.98 Å². The molecule has 0 radical (unpaired) electrons. The lowest BCUT2D eigenvalue weighted by atomic mass is 9.88. The fourth-order valence-corrected chi connectivity index (χ4v) is 3.17. The summed E-state index contributed by atoms with van der Waals surface area (Å²) >= 11 is 0. The molecule has 0 saturated carbocycles. The summed E-state index contributed by atoms with van der Waals surface area (Å²) in [6.45, 7) is 1.97. The number of methoxy groups -OCH3 is 1. The number of ether oxygens (including phenoxy) is 2. The van der Waals surface area contributed by atoms with Crippen molar-refractivity contribution in [2.45, 2.75) is 19.3 Å². The molecule has 0 saturated heterocycles. The number of fused-ring (bicyclic) bond motifs is 1. The molecular formula is C21H21NO5. The summed E-state index contributed by atoms with van der Waals surface area (Å²) in [5.74, 6) is -0.557. The lowest BCUT2D eigenvalue weighted by Gasteiger charge is -2.19. The first kappa shape index (κ1) is 18.5. The van der Waals surface area contributed by atoms with Gasteiger partial charge >= 0.3 is 5.97 Å². The van der Waals surface area contributed by atoms with E-state index in [0.717, 1.165) is 0 Å². The van der Waals surface area contributed by atoms with Crippen LogP contribution in [0.2, 0.25) is 0 Å². The summed E-state index contributed by atoms with van der Waals surface area (Å²) < 4.78 is 10.2. The Kier molecular flexibility index (Phi) is 5.45. The number of hydrogen-bond donors (Lipinski definition) is 2. The van der Waals surface area contributed by atoms with E-state index >= 15 is 0 Å². The second-order valence-corrected chi connectivity index (χ2v) is 6.10. The Bertz CT molecular complexity index is 1010. The molecule has 140 valence electrons. The Labute approximate surface area is 156 Å². The van der Waals surface area contributed by atoms with Crippen LogP contribution in [-0.4, -0.2) is 29.8 Å². The number of hydrogen-bond acceptors (Lipinski definition) is 5. The number of esters is 1. The maximum atomic E-state index is 12.7. The molecule has 0 spiro atoms. The van der Waals surface area contributed by atoms with Gasteiger partial charge in [-0.15, -0.1) is 0 Å². The largest absolute Gasteiger partial charge is 0.507 e. The van der Waals surface area contributed by atoms with Gasteiger partial charge in [-0.3, -0.25) is 9.59 Å². The third-order valence-electron chi connectivity index (χ3n) is 4.47. The first-order valence-electron chi connectivity index (χ1n) is 8.68. The lowest BCUT2D eigenvalue weighted by Crippen LogP contribution is -2.20. The highest BCUT2D eigenvalue weighted by Crippen LogP contribution is 2.36. The molecular weight excluding hydrogens is 346 g/mol. The van der Waals surface area contributed by atoms with Crippen LogP contribution in [0.25, 0.3) is 10.9 Å². The van der Waals surface area contributed by atoms with E-state index in [9.17, 15) is 14.7 Å². The smallest absolute Gasteiger partial charge is 0.306 e. The number of H-pyrrole nitrogens is 1. The summed E-state index contributed by atoms with van der Waals surface area (Å²) in [6, 6.07) is 14.0. The standard InChI is InChI=1S/C21H21NO5/c1-3-27-18(23)12-16(13-8-10-14(26-2)11-9-13)19-20(24)15-6-4-5-7-17(15)22-21(19)25/h4-11,16H,3,12H2,1-2H3,(H2,22,24,25)/t16-/m0/s1. The quantitative estimate of drug-likeness (QED) is 0.653. The zero-order valence-electron chi connectivity index (χ0n) is 15.2. The van der Waals surface area contributed by atoms with Crippen molar-refractivity contribution >= 4 is 16.9 Å². The van der Waals surface area contributed by atoms with Crippen LogP contribution in [0.15, 0.2) is 53.3 Å².